The van der Waals surface area contributed by atoms with Crippen LogP contribution in [-0.4, -0.2) is 22.6 Å². The van der Waals surface area contributed by atoms with Gasteiger partial charge >= 0.3 is 0 Å². The Morgan fingerprint density at radius 1 is 1.39 bits per heavy atom. The van der Waals surface area contributed by atoms with Crippen LogP contribution in [0, 0.1) is 6.92 Å². The predicted molar refractivity (Wildman–Crippen MR) is 69.6 cm³/mol. The Balaban J connectivity index is 1.72. The van der Waals surface area contributed by atoms with E-state index in [1.54, 1.807) is 0 Å². The zero-order chi connectivity index (χ0) is 12.8. The summed E-state index contributed by atoms with van der Waals surface area (Å²) in [5.41, 5.74) is 6.56. The van der Waals surface area contributed by atoms with Gasteiger partial charge in [-0.05, 0) is 24.6 Å². The molecule has 0 saturated carbocycles. The van der Waals surface area contributed by atoms with Gasteiger partial charge in [-0.15, -0.1) is 10.2 Å². The normalized spacial score (nSPS) is 10.6. The molecule has 0 aliphatic rings. The molecule has 0 atom stereocenters. The van der Waals surface area contributed by atoms with Crippen molar-refractivity contribution < 1.29 is 9.15 Å². The number of hydrogen-bond donors (Lipinski definition) is 1. The van der Waals surface area contributed by atoms with Crippen LogP contribution in [0.15, 0.2) is 33.9 Å². The fourth-order valence-corrected chi connectivity index (χ4v) is 1.97. The van der Waals surface area contributed by atoms with Crippen molar-refractivity contribution in [1.82, 2.24) is 10.2 Å². The average Bonchev–Trinajstić information content (AvgIpc) is 2.83. The SMILES string of the molecule is Cc1cccc(OCCSc2nnc(CN)o2)c1. The van der Waals surface area contributed by atoms with E-state index in [1.807, 2.05) is 31.2 Å². The van der Waals surface area contributed by atoms with Gasteiger partial charge in [0.1, 0.15) is 5.75 Å². The largest absolute Gasteiger partial charge is 0.493 e. The Hall–Kier alpha value is -1.53. The van der Waals surface area contributed by atoms with Gasteiger partial charge in [0.15, 0.2) is 0 Å². The second kappa shape index (κ2) is 6.42. The molecule has 96 valence electrons. The number of nitrogens with zero attached hydrogens (tertiary/aromatic N) is 2. The molecule has 6 heteroatoms. The number of hydrogen-bond acceptors (Lipinski definition) is 6. The Kier molecular flexibility index (Phi) is 4.60. The fourth-order valence-electron chi connectivity index (χ4n) is 1.37. The van der Waals surface area contributed by atoms with Crippen LogP contribution in [0.25, 0.3) is 0 Å². The number of benzene rings is 1. The summed E-state index contributed by atoms with van der Waals surface area (Å²) < 4.78 is 10.9. The van der Waals surface area contributed by atoms with Crippen molar-refractivity contribution in [2.45, 2.75) is 18.7 Å². The lowest BCUT2D eigenvalue weighted by molar-refractivity contribution is 0.342. The molecule has 5 nitrogen and oxygen atoms in total. The standard InChI is InChI=1S/C12H15N3O2S/c1-9-3-2-4-10(7-9)16-5-6-18-12-15-14-11(8-13)17-12/h2-4,7H,5-6,8,13H2,1H3. The maximum absolute atomic E-state index is 5.61. The molecule has 0 fully saturated rings. The molecular weight excluding hydrogens is 250 g/mol. The maximum atomic E-state index is 5.61. The van der Waals surface area contributed by atoms with Gasteiger partial charge in [0.05, 0.1) is 13.2 Å². The van der Waals surface area contributed by atoms with Gasteiger partial charge in [-0.2, -0.15) is 0 Å². The van der Waals surface area contributed by atoms with Crippen LogP contribution >= 0.6 is 11.8 Å². The summed E-state index contributed by atoms with van der Waals surface area (Å²) in [4.78, 5) is 0. The summed E-state index contributed by atoms with van der Waals surface area (Å²) in [6, 6.07) is 7.96. The van der Waals surface area contributed by atoms with Gasteiger partial charge in [-0.3, -0.25) is 0 Å². The third-order valence-corrected chi connectivity index (χ3v) is 2.97. The molecule has 0 spiro atoms. The Morgan fingerprint density at radius 3 is 3.00 bits per heavy atom. The molecule has 0 radical (unpaired) electrons. The first kappa shape index (κ1) is 12.9. The topological polar surface area (TPSA) is 74.2 Å². The van der Waals surface area contributed by atoms with Gasteiger partial charge in [0.2, 0.25) is 5.89 Å². The Morgan fingerprint density at radius 2 is 2.28 bits per heavy atom. The van der Waals surface area contributed by atoms with E-state index in [9.17, 15) is 0 Å². The molecule has 18 heavy (non-hydrogen) atoms. The highest BCUT2D eigenvalue weighted by molar-refractivity contribution is 7.99. The number of nitrogens with two attached hydrogens (primary N) is 1. The zero-order valence-electron chi connectivity index (χ0n) is 10.1. The van der Waals surface area contributed by atoms with Crippen LogP contribution in [0.2, 0.25) is 0 Å². The van der Waals surface area contributed by atoms with E-state index < -0.39 is 0 Å². The lowest BCUT2D eigenvalue weighted by Crippen LogP contribution is -2.00. The lowest BCUT2D eigenvalue weighted by atomic mass is 10.2. The van der Waals surface area contributed by atoms with Crippen molar-refractivity contribution in [3.8, 4) is 5.75 Å². The number of aromatic nitrogens is 2. The molecule has 0 aliphatic carbocycles. The molecular formula is C12H15N3O2S. The molecule has 0 amide bonds. The third-order valence-electron chi connectivity index (χ3n) is 2.19. The minimum absolute atomic E-state index is 0.271. The summed E-state index contributed by atoms with van der Waals surface area (Å²) in [6.45, 7) is 2.90. The third kappa shape index (κ3) is 3.75. The van der Waals surface area contributed by atoms with Crippen molar-refractivity contribution in [1.29, 1.82) is 0 Å². The van der Waals surface area contributed by atoms with Crippen molar-refractivity contribution >= 4 is 11.8 Å². The van der Waals surface area contributed by atoms with E-state index in [-0.39, 0.29) is 6.54 Å². The average molecular weight is 265 g/mol. The zero-order valence-corrected chi connectivity index (χ0v) is 10.9. The molecule has 2 rings (SSSR count). The van der Waals surface area contributed by atoms with Crippen LogP contribution in [0.3, 0.4) is 0 Å². The van der Waals surface area contributed by atoms with Crippen molar-refractivity contribution in [2.75, 3.05) is 12.4 Å². The van der Waals surface area contributed by atoms with Crippen LogP contribution in [-0.2, 0) is 6.54 Å². The van der Waals surface area contributed by atoms with Gasteiger partial charge in [-0.1, -0.05) is 23.9 Å². The van der Waals surface area contributed by atoms with Crippen LogP contribution in [0.5, 0.6) is 5.75 Å². The molecule has 0 aliphatic heterocycles. The summed E-state index contributed by atoms with van der Waals surface area (Å²) >= 11 is 1.46. The number of aryl methyl sites for hydroxylation is 1. The quantitative estimate of drug-likeness (QED) is 0.636. The van der Waals surface area contributed by atoms with Crippen molar-refractivity contribution in [3.63, 3.8) is 0 Å². The monoisotopic (exact) mass is 265 g/mol. The van der Waals surface area contributed by atoms with Gasteiger partial charge < -0.3 is 14.9 Å². The molecule has 0 bridgehead atoms. The summed E-state index contributed by atoms with van der Waals surface area (Å²) in [7, 11) is 0. The second-order valence-electron chi connectivity index (χ2n) is 3.68. The first-order valence-electron chi connectivity index (χ1n) is 5.62. The number of thioether (sulfide) groups is 1. The van der Waals surface area contributed by atoms with E-state index in [2.05, 4.69) is 10.2 Å². The molecule has 1 aromatic carbocycles. The molecule has 0 unspecified atom stereocenters. The number of rotatable bonds is 6. The Labute approximate surface area is 110 Å². The molecule has 1 aromatic heterocycles. The van der Waals surface area contributed by atoms with E-state index in [1.165, 1.54) is 17.3 Å². The predicted octanol–water partition coefficient (Wildman–Crippen LogP) is 2.01. The van der Waals surface area contributed by atoms with Crippen molar-refractivity contribution in [2.24, 2.45) is 5.73 Å². The van der Waals surface area contributed by atoms with E-state index in [4.69, 9.17) is 14.9 Å². The maximum Gasteiger partial charge on any atom is 0.276 e. The summed E-state index contributed by atoms with van der Waals surface area (Å²) in [5, 5.41) is 8.17. The number of ether oxygens (including phenoxy) is 1. The molecule has 2 N–H and O–H groups in total. The first-order chi connectivity index (χ1) is 8.78. The Bertz CT molecular complexity index is 502. The van der Waals surface area contributed by atoms with E-state index in [0.717, 1.165) is 11.5 Å². The smallest absolute Gasteiger partial charge is 0.276 e. The van der Waals surface area contributed by atoms with Gasteiger partial charge in [0, 0.05) is 5.75 Å². The highest BCUT2D eigenvalue weighted by atomic mass is 32.2. The minimum Gasteiger partial charge on any atom is -0.493 e. The van der Waals surface area contributed by atoms with Crippen LogP contribution in [0.4, 0.5) is 0 Å². The molecule has 0 saturated heterocycles. The minimum atomic E-state index is 0.271. The van der Waals surface area contributed by atoms with E-state index >= 15 is 0 Å². The van der Waals surface area contributed by atoms with Gasteiger partial charge in [0.25, 0.3) is 5.22 Å². The van der Waals surface area contributed by atoms with E-state index in [0.29, 0.717) is 17.7 Å². The van der Waals surface area contributed by atoms with Crippen LogP contribution < -0.4 is 10.5 Å². The fraction of sp³-hybridized carbons (Fsp3) is 0.333. The van der Waals surface area contributed by atoms with Gasteiger partial charge in [-0.25, -0.2) is 0 Å². The lowest BCUT2D eigenvalue weighted by Gasteiger charge is -2.05. The molecule has 2 aromatic rings. The highest BCUT2D eigenvalue weighted by Gasteiger charge is 2.04. The highest BCUT2D eigenvalue weighted by Crippen LogP contribution is 2.17. The van der Waals surface area contributed by atoms with Crippen LogP contribution in [0.1, 0.15) is 11.5 Å². The molecule has 1 heterocycles. The summed E-state index contributed by atoms with van der Waals surface area (Å²) in [5.74, 6) is 2.08. The second-order valence-corrected chi connectivity index (χ2v) is 4.73. The first-order valence-corrected chi connectivity index (χ1v) is 6.61. The van der Waals surface area contributed by atoms with Crippen molar-refractivity contribution in [3.05, 3.63) is 35.7 Å². The summed E-state index contributed by atoms with van der Waals surface area (Å²) in [6.07, 6.45) is 0.